The zero-order valence-corrected chi connectivity index (χ0v) is 10.2. The van der Waals surface area contributed by atoms with Crippen LogP contribution in [0.3, 0.4) is 0 Å². The highest BCUT2D eigenvalue weighted by Gasteiger charge is 2.14. The normalized spacial score (nSPS) is 14.8. The number of benzene rings is 1. The van der Waals surface area contributed by atoms with Gasteiger partial charge >= 0.3 is 0 Å². The van der Waals surface area contributed by atoms with E-state index in [9.17, 15) is 4.39 Å². The third-order valence-corrected chi connectivity index (χ3v) is 2.67. The summed E-state index contributed by atoms with van der Waals surface area (Å²) >= 11 is 0. The fourth-order valence-corrected chi connectivity index (χ4v) is 1.74. The van der Waals surface area contributed by atoms with E-state index < -0.39 is 0 Å². The van der Waals surface area contributed by atoms with Gasteiger partial charge in [0.2, 0.25) is 0 Å². The van der Waals surface area contributed by atoms with Gasteiger partial charge in [-0.2, -0.15) is 0 Å². The van der Waals surface area contributed by atoms with E-state index in [0.29, 0.717) is 0 Å². The number of halogens is 1. The molecule has 0 saturated carbocycles. The number of hydrogen-bond donors (Lipinski definition) is 1. The van der Waals surface area contributed by atoms with Crippen LogP contribution in [0, 0.1) is 5.82 Å². The molecule has 0 radical (unpaired) electrons. The Hall–Kier alpha value is -0.930. The minimum Gasteiger partial charge on any atom is -0.382 e. The predicted octanol–water partition coefficient (Wildman–Crippen LogP) is 2.90. The highest BCUT2D eigenvalue weighted by Crippen LogP contribution is 2.20. The van der Waals surface area contributed by atoms with E-state index in [0.717, 1.165) is 18.5 Å². The van der Waals surface area contributed by atoms with Gasteiger partial charge in [-0.15, -0.1) is 0 Å². The highest BCUT2D eigenvalue weighted by molar-refractivity contribution is 5.20. The van der Waals surface area contributed by atoms with E-state index in [-0.39, 0.29) is 18.0 Å². The van der Waals surface area contributed by atoms with Crippen LogP contribution in [0.15, 0.2) is 24.3 Å². The lowest BCUT2D eigenvalue weighted by atomic mass is 10.0. The average Bonchev–Trinajstić information content (AvgIpc) is 2.28. The molecule has 1 N–H and O–H groups in total. The second-order valence-electron chi connectivity index (χ2n) is 3.95. The molecule has 1 rings (SSSR count). The molecule has 0 aliphatic carbocycles. The summed E-state index contributed by atoms with van der Waals surface area (Å²) in [7, 11) is 1.69. The molecule has 90 valence electrons. The van der Waals surface area contributed by atoms with Crippen LogP contribution in [0.2, 0.25) is 0 Å². The molecule has 0 bridgehead atoms. The smallest absolute Gasteiger partial charge is 0.123 e. The summed E-state index contributed by atoms with van der Waals surface area (Å²) in [5, 5.41) is 3.34. The molecule has 1 aromatic rings. The van der Waals surface area contributed by atoms with Gasteiger partial charge in [-0.1, -0.05) is 19.1 Å². The molecule has 2 nitrogen and oxygen atoms in total. The van der Waals surface area contributed by atoms with Crippen LogP contribution in [0.4, 0.5) is 4.39 Å². The fraction of sp³-hybridized carbons (Fsp3) is 0.538. The number of rotatable bonds is 6. The van der Waals surface area contributed by atoms with Gasteiger partial charge in [0.25, 0.3) is 0 Å². The molecule has 1 aromatic carbocycles. The quantitative estimate of drug-likeness (QED) is 0.803. The van der Waals surface area contributed by atoms with E-state index in [1.807, 2.05) is 19.9 Å². The molecule has 0 aromatic heterocycles. The molecule has 2 unspecified atom stereocenters. The Morgan fingerprint density at radius 3 is 2.75 bits per heavy atom. The van der Waals surface area contributed by atoms with Crippen LogP contribution in [-0.4, -0.2) is 19.8 Å². The number of nitrogens with one attached hydrogen (secondary N) is 1. The third kappa shape index (κ3) is 3.91. The van der Waals surface area contributed by atoms with E-state index in [1.165, 1.54) is 6.07 Å². The lowest BCUT2D eigenvalue weighted by Gasteiger charge is -2.21. The van der Waals surface area contributed by atoms with Gasteiger partial charge in [-0.25, -0.2) is 4.39 Å². The van der Waals surface area contributed by atoms with Crippen molar-refractivity contribution in [3.05, 3.63) is 35.6 Å². The van der Waals surface area contributed by atoms with Gasteiger partial charge in [-0.05, 0) is 37.6 Å². The SMILES string of the molecule is CCNC(CC(C)OC)c1cccc(F)c1. The second-order valence-corrected chi connectivity index (χ2v) is 3.95. The predicted molar refractivity (Wildman–Crippen MR) is 63.9 cm³/mol. The average molecular weight is 225 g/mol. The largest absolute Gasteiger partial charge is 0.382 e. The summed E-state index contributed by atoms with van der Waals surface area (Å²) in [5.74, 6) is -0.189. The Bertz CT molecular complexity index is 317. The van der Waals surface area contributed by atoms with Crippen LogP contribution < -0.4 is 5.32 Å². The Morgan fingerprint density at radius 2 is 2.19 bits per heavy atom. The van der Waals surface area contributed by atoms with Crippen molar-refractivity contribution in [2.45, 2.75) is 32.4 Å². The van der Waals surface area contributed by atoms with Gasteiger partial charge in [-0.3, -0.25) is 0 Å². The van der Waals surface area contributed by atoms with Gasteiger partial charge in [0, 0.05) is 13.2 Å². The maximum atomic E-state index is 13.1. The highest BCUT2D eigenvalue weighted by atomic mass is 19.1. The minimum atomic E-state index is -0.189. The standard InChI is InChI=1S/C13H20FNO/c1-4-15-13(8-10(2)16-3)11-6-5-7-12(14)9-11/h5-7,9-10,13,15H,4,8H2,1-3H3. The molecular formula is C13H20FNO. The van der Waals surface area contributed by atoms with Crippen LogP contribution in [0.25, 0.3) is 0 Å². The topological polar surface area (TPSA) is 21.3 Å². The molecule has 0 heterocycles. The van der Waals surface area contributed by atoms with Crippen molar-refractivity contribution in [2.24, 2.45) is 0 Å². The Labute approximate surface area is 96.8 Å². The summed E-state index contributed by atoms with van der Waals surface area (Å²) < 4.78 is 18.4. The molecule has 0 fully saturated rings. The first-order valence-corrected chi connectivity index (χ1v) is 5.69. The van der Waals surface area contributed by atoms with Crippen molar-refractivity contribution in [1.82, 2.24) is 5.32 Å². The van der Waals surface area contributed by atoms with Crippen molar-refractivity contribution >= 4 is 0 Å². The first-order valence-electron chi connectivity index (χ1n) is 5.69. The van der Waals surface area contributed by atoms with Crippen LogP contribution in [-0.2, 0) is 4.74 Å². The molecule has 0 aliphatic heterocycles. The van der Waals surface area contributed by atoms with Gasteiger partial charge in [0.15, 0.2) is 0 Å². The first-order chi connectivity index (χ1) is 7.67. The lowest BCUT2D eigenvalue weighted by Crippen LogP contribution is -2.25. The summed E-state index contributed by atoms with van der Waals surface area (Å²) in [4.78, 5) is 0. The second kappa shape index (κ2) is 6.61. The number of hydrogen-bond acceptors (Lipinski definition) is 2. The Kier molecular flexibility index (Phi) is 5.43. The monoisotopic (exact) mass is 225 g/mol. The van der Waals surface area contributed by atoms with Crippen molar-refractivity contribution < 1.29 is 9.13 Å². The summed E-state index contributed by atoms with van der Waals surface area (Å²) in [6, 6.07) is 6.88. The Balaban J connectivity index is 2.76. The molecule has 16 heavy (non-hydrogen) atoms. The minimum absolute atomic E-state index is 0.149. The van der Waals surface area contributed by atoms with E-state index in [4.69, 9.17) is 4.74 Å². The van der Waals surface area contributed by atoms with Gasteiger partial charge in [0.05, 0.1) is 6.10 Å². The molecule has 0 spiro atoms. The summed E-state index contributed by atoms with van der Waals surface area (Å²) in [6.07, 6.45) is 1.00. The van der Waals surface area contributed by atoms with Gasteiger partial charge in [0.1, 0.15) is 5.82 Å². The third-order valence-electron chi connectivity index (χ3n) is 2.67. The van der Waals surface area contributed by atoms with Crippen LogP contribution in [0.5, 0.6) is 0 Å². The van der Waals surface area contributed by atoms with Crippen molar-refractivity contribution in [3.63, 3.8) is 0 Å². The first kappa shape index (κ1) is 13.1. The molecule has 0 saturated heterocycles. The molecule has 2 atom stereocenters. The molecule has 0 amide bonds. The zero-order chi connectivity index (χ0) is 12.0. The van der Waals surface area contributed by atoms with Crippen LogP contribution in [0.1, 0.15) is 31.9 Å². The summed E-state index contributed by atoms with van der Waals surface area (Å²) in [5.41, 5.74) is 0.978. The van der Waals surface area contributed by atoms with Crippen molar-refractivity contribution in [1.29, 1.82) is 0 Å². The molecule has 0 aliphatic rings. The van der Waals surface area contributed by atoms with Crippen LogP contribution >= 0.6 is 0 Å². The van der Waals surface area contributed by atoms with E-state index in [2.05, 4.69) is 5.32 Å². The zero-order valence-electron chi connectivity index (χ0n) is 10.2. The van der Waals surface area contributed by atoms with Crippen molar-refractivity contribution in [2.75, 3.05) is 13.7 Å². The number of ether oxygens (including phenoxy) is 1. The number of methoxy groups -OCH3 is 1. The maximum absolute atomic E-state index is 13.1. The van der Waals surface area contributed by atoms with E-state index in [1.54, 1.807) is 19.2 Å². The Morgan fingerprint density at radius 1 is 1.44 bits per heavy atom. The fourth-order valence-electron chi connectivity index (χ4n) is 1.74. The molecular weight excluding hydrogens is 205 g/mol. The van der Waals surface area contributed by atoms with Crippen molar-refractivity contribution in [3.8, 4) is 0 Å². The van der Waals surface area contributed by atoms with E-state index >= 15 is 0 Å². The lowest BCUT2D eigenvalue weighted by molar-refractivity contribution is 0.101. The maximum Gasteiger partial charge on any atom is 0.123 e. The van der Waals surface area contributed by atoms with Gasteiger partial charge < -0.3 is 10.1 Å². The molecule has 3 heteroatoms. The summed E-state index contributed by atoms with van der Waals surface area (Å²) in [6.45, 7) is 4.92.